The zero-order chi connectivity index (χ0) is 20.9. The number of aromatic hydroxyl groups is 1. The van der Waals surface area contributed by atoms with Crippen molar-refractivity contribution in [3.63, 3.8) is 0 Å². The Kier molecular flexibility index (Phi) is 4.65. The van der Waals surface area contributed by atoms with Crippen LogP contribution >= 0.6 is 0 Å². The maximum absolute atomic E-state index is 11.2. The molecule has 0 radical (unpaired) electrons. The Bertz CT molecular complexity index is 965. The number of aliphatic hydroxyl groups is 1. The third-order valence-corrected chi connectivity index (χ3v) is 6.02. The molecule has 4 rings (SSSR count). The highest BCUT2D eigenvalue weighted by Crippen LogP contribution is 2.56. The smallest absolute Gasteiger partial charge is 0.231 e. The van der Waals surface area contributed by atoms with E-state index in [1.165, 1.54) is 7.11 Å². The first-order chi connectivity index (χ1) is 13.8. The third kappa shape index (κ3) is 2.92. The number of phenols is 1. The minimum absolute atomic E-state index is 0.00415. The molecule has 156 valence electrons. The van der Waals surface area contributed by atoms with Crippen LogP contribution in [0.1, 0.15) is 25.0 Å². The van der Waals surface area contributed by atoms with Crippen LogP contribution in [0, 0.1) is 5.92 Å². The van der Waals surface area contributed by atoms with Gasteiger partial charge in [-0.15, -0.1) is 0 Å². The average Bonchev–Trinajstić information content (AvgIpc) is 3.15. The second kappa shape index (κ2) is 6.91. The van der Waals surface area contributed by atoms with E-state index >= 15 is 0 Å². The molecule has 29 heavy (non-hydrogen) atoms. The molecular weight excluding hydrogens is 376 g/mol. The number of benzene rings is 2. The highest BCUT2D eigenvalue weighted by Gasteiger charge is 2.38. The van der Waals surface area contributed by atoms with Crippen molar-refractivity contribution in [3.05, 3.63) is 23.3 Å². The van der Waals surface area contributed by atoms with Crippen LogP contribution in [-0.4, -0.2) is 43.9 Å². The van der Waals surface area contributed by atoms with E-state index in [0.29, 0.717) is 52.7 Å². The predicted octanol–water partition coefficient (Wildman–Crippen LogP) is 3.30. The molecule has 2 aromatic rings. The van der Waals surface area contributed by atoms with Crippen LogP contribution in [0.4, 0.5) is 0 Å². The summed E-state index contributed by atoms with van der Waals surface area (Å²) in [7, 11) is 4.63. The summed E-state index contributed by atoms with van der Waals surface area (Å²) in [6, 6.07) is 3.70. The zero-order valence-corrected chi connectivity index (χ0v) is 17.3. The molecule has 2 unspecified atom stereocenters. The van der Waals surface area contributed by atoms with Crippen LogP contribution in [0.2, 0.25) is 0 Å². The Morgan fingerprint density at radius 1 is 1.00 bits per heavy atom. The standard InChI is InChI=1S/C22H26O7/c1-11-6-12-7-15-19(29-10-28-15)18(23)16(12)17-13(9-22(11,2)24)8-14(25-3)20(26-4)21(17)27-5/h7-8,11,23-24H,6,9-10H2,1-5H3. The predicted molar refractivity (Wildman–Crippen MR) is 107 cm³/mol. The fraction of sp³-hybridized carbons (Fsp3) is 0.455. The van der Waals surface area contributed by atoms with Gasteiger partial charge >= 0.3 is 0 Å². The van der Waals surface area contributed by atoms with Gasteiger partial charge in [0.1, 0.15) is 0 Å². The molecule has 7 nitrogen and oxygen atoms in total. The first-order valence-corrected chi connectivity index (χ1v) is 9.51. The normalized spacial score (nSPS) is 22.2. The van der Waals surface area contributed by atoms with Crippen molar-refractivity contribution in [3.8, 4) is 45.6 Å². The number of ether oxygens (including phenoxy) is 5. The van der Waals surface area contributed by atoms with Crippen LogP contribution in [0.3, 0.4) is 0 Å². The monoisotopic (exact) mass is 402 g/mol. The summed E-state index contributed by atoms with van der Waals surface area (Å²) in [6.45, 7) is 3.87. The minimum atomic E-state index is -0.983. The van der Waals surface area contributed by atoms with Crippen molar-refractivity contribution in [2.24, 2.45) is 5.92 Å². The van der Waals surface area contributed by atoms with Gasteiger partial charge in [0.05, 0.1) is 26.9 Å². The van der Waals surface area contributed by atoms with Crippen molar-refractivity contribution < 1.29 is 33.9 Å². The van der Waals surface area contributed by atoms with Gasteiger partial charge in [0.15, 0.2) is 23.0 Å². The average molecular weight is 402 g/mol. The highest BCUT2D eigenvalue weighted by molar-refractivity contribution is 5.88. The van der Waals surface area contributed by atoms with Crippen molar-refractivity contribution in [2.45, 2.75) is 32.3 Å². The fourth-order valence-corrected chi connectivity index (χ4v) is 4.25. The lowest BCUT2D eigenvalue weighted by Gasteiger charge is -2.35. The summed E-state index contributed by atoms with van der Waals surface area (Å²) in [5, 5.41) is 22.4. The molecule has 1 aliphatic carbocycles. The lowest BCUT2D eigenvalue weighted by Crippen LogP contribution is -2.37. The van der Waals surface area contributed by atoms with Gasteiger partial charge in [0.25, 0.3) is 0 Å². The van der Waals surface area contributed by atoms with E-state index in [4.69, 9.17) is 23.7 Å². The van der Waals surface area contributed by atoms with E-state index in [9.17, 15) is 10.2 Å². The zero-order valence-electron chi connectivity index (χ0n) is 17.3. The molecule has 0 bridgehead atoms. The summed E-state index contributed by atoms with van der Waals surface area (Å²) in [4.78, 5) is 0. The Balaban J connectivity index is 2.12. The van der Waals surface area contributed by atoms with Gasteiger partial charge in [0.2, 0.25) is 18.3 Å². The van der Waals surface area contributed by atoms with Crippen molar-refractivity contribution in [1.29, 1.82) is 0 Å². The number of hydrogen-bond donors (Lipinski definition) is 2. The second-order valence-electron chi connectivity index (χ2n) is 7.81. The van der Waals surface area contributed by atoms with Crippen LogP contribution < -0.4 is 23.7 Å². The summed E-state index contributed by atoms with van der Waals surface area (Å²) in [5.41, 5.74) is 1.90. The second-order valence-corrected chi connectivity index (χ2v) is 7.81. The van der Waals surface area contributed by atoms with E-state index in [-0.39, 0.29) is 18.5 Å². The van der Waals surface area contributed by atoms with Crippen LogP contribution in [0.15, 0.2) is 12.1 Å². The van der Waals surface area contributed by atoms with E-state index in [2.05, 4.69) is 0 Å². The summed E-state index contributed by atoms with van der Waals surface area (Å²) < 4.78 is 27.8. The molecular formula is C22H26O7. The minimum Gasteiger partial charge on any atom is -0.504 e. The van der Waals surface area contributed by atoms with Crippen LogP contribution in [0.5, 0.6) is 34.5 Å². The van der Waals surface area contributed by atoms with Gasteiger partial charge in [-0.05, 0) is 42.5 Å². The Hall–Kier alpha value is -2.80. The largest absolute Gasteiger partial charge is 0.504 e. The molecule has 2 aromatic carbocycles. The van der Waals surface area contributed by atoms with Crippen molar-refractivity contribution in [1.82, 2.24) is 0 Å². The van der Waals surface area contributed by atoms with Crippen molar-refractivity contribution >= 4 is 0 Å². The molecule has 0 aromatic heterocycles. The maximum atomic E-state index is 11.2. The molecule has 1 heterocycles. The highest BCUT2D eigenvalue weighted by atomic mass is 16.7. The van der Waals surface area contributed by atoms with E-state index in [0.717, 1.165) is 11.1 Å². The molecule has 2 aliphatic rings. The van der Waals surface area contributed by atoms with Crippen LogP contribution in [0.25, 0.3) is 11.1 Å². The van der Waals surface area contributed by atoms with Gasteiger partial charge in [-0.3, -0.25) is 0 Å². The van der Waals surface area contributed by atoms with Gasteiger partial charge in [-0.25, -0.2) is 0 Å². The summed E-state index contributed by atoms with van der Waals surface area (Å²) in [6.07, 6.45) is 0.900. The number of phenolic OH excluding ortho intramolecular Hbond substituents is 1. The molecule has 2 N–H and O–H groups in total. The van der Waals surface area contributed by atoms with E-state index < -0.39 is 5.60 Å². The van der Waals surface area contributed by atoms with Gasteiger partial charge in [0, 0.05) is 17.5 Å². The van der Waals surface area contributed by atoms with Crippen molar-refractivity contribution in [2.75, 3.05) is 28.1 Å². The quantitative estimate of drug-likeness (QED) is 0.815. The summed E-state index contributed by atoms with van der Waals surface area (Å²) in [5.74, 6) is 2.08. The van der Waals surface area contributed by atoms with E-state index in [1.54, 1.807) is 14.2 Å². The third-order valence-electron chi connectivity index (χ3n) is 6.02. The number of hydrogen-bond acceptors (Lipinski definition) is 7. The SMILES string of the molecule is COc1cc2c(c(OC)c1OC)-c1c(cc3c(c1O)OCO3)CC(C)C(C)(O)C2. The van der Waals surface area contributed by atoms with Crippen LogP contribution in [-0.2, 0) is 12.8 Å². The molecule has 7 heteroatoms. The molecule has 0 amide bonds. The Morgan fingerprint density at radius 2 is 1.72 bits per heavy atom. The number of fused-ring (bicyclic) bond motifs is 4. The molecule has 0 fully saturated rings. The fourth-order valence-electron chi connectivity index (χ4n) is 4.25. The van der Waals surface area contributed by atoms with Gasteiger partial charge in [-0.1, -0.05) is 6.92 Å². The molecule has 2 atom stereocenters. The lowest BCUT2D eigenvalue weighted by atomic mass is 9.75. The Morgan fingerprint density at radius 3 is 2.38 bits per heavy atom. The number of rotatable bonds is 3. The summed E-state index contributed by atoms with van der Waals surface area (Å²) >= 11 is 0. The molecule has 0 saturated carbocycles. The first kappa shape index (κ1) is 19.5. The van der Waals surface area contributed by atoms with Gasteiger partial charge in [-0.2, -0.15) is 0 Å². The first-order valence-electron chi connectivity index (χ1n) is 9.51. The van der Waals surface area contributed by atoms with Gasteiger partial charge < -0.3 is 33.9 Å². The molecule has 0 saturated heterocycles. The van der Waals surface area contributed by atoms with E-state index in [1.807, 2.05) is 26.0 Å². The lowest BCUT2D eigenvalue weighted by molar-refractivity contribution is 0.00629. The molecule has 1 aliphatic heterocycles. The Labute approximate surface area is 169 Å². The maximum Gasteiger partial charge on any atom is 0.231 e. The topological polar surface area (TPSA) is 86.6 Å². The number of methoxy groups -OCH3 is 3. The molecule has 0 spiro atoms.